The second-order valence-electron chi connectivity index (χ2n) is 2.60. The third-order valence-electron chi connectivity index (χ3n) is 1.62. The Kier molecular flexibility index (Phi) is 3.00. The van der Waals surface area contributed by atoms with Crippen LogP contribution in [0.15, 0.2) is 11.0 Å². The van der Waals surface area contributed by atoms with Crippen molar-refractivity contribution in [2.24, 2.45) is 0 Å². The number of amides is 1. The molecule has 1 saturated carbocycles. The van der Waals surface area contributed by atoms with E-state index in [1.165, 1.54) is 11.8 Å². The fourth-order valence-corrected chi connectivity index (χ4v) is 1.31. The number of allylic oxidation sites excluding steroid dienone is 1. The SMILES string of the molecule is C/C=C(\SC)C(=O)NC1CC1. The molecule has 11 heavy (non-hydrogen) atoms. The molecule has 1 aliphatic carbocycles. The van der Waals surface area contributed by atoms with Gasteiger partial charge in [-0.3, -0.25) is 4.79 Å². The highest BCUT2D eigenvalue weighted by atomic mass is 32.2. The summed E-state index contributed by atoms with van der Waals surface area (Å²) in [6, 6.07) is 0.463. The van der Waals surface area contributed by atoms with Gasteiger partial charge in [0.2, 0.25) is 0 Å². The topological polar surface area (TPSA) is 29.1 Å². The summed E-state index contributed by atoms with van der Waals surface area (Å²) < 4.78 is 0. The molecule has 0 aromatic rings. The molecule has 1 rings (SSSR count). The number of hydrogen-bond donors (Lipinski definition) is 1. The molecular weight excluding hydrogens is 158 g/mol. The van der Waals surface area contributed by atoms with Gasteiger partial charge in [0.15, 0.2) is 0 Å². The number of rotatable bonds is 3. The molecule has 0 spiro atoms. The number of thioether (sulfide) groups is 1. The third-order valence-corrected chi connectivity index (χ3v) is 2.48. The summed E-state index contributed by atoms with van der Waals surface area (Å²) >= 11 is 1.50. The Hall–Kier alpha value is -0.440. The largest absolute Gasteiger partial charge is 0.349 e. The van der Waals surface area contributed by atoms with Crippen molar-refractivity contribution in [3.63, 3.8) is 0 Å². The zero-order chi connectivity index (χ0) is 8.27. The van der Waals surface area contributed by atoms with Crippen molar-refractivity contribution in [1.82, 2.24) is 5.32 Å². The molecule has 1 fully saturated rings. The van der Waals surface area contributed by atoms with Crippen molar-refractivity contribution in [3.8, 4) is 0 Å². The van der Waals surface area contributed by atoms with E-state index in [2.05, 4.69) is 5.32 Å². The molecule has 1 N–H and O–H groups in total. The maximum Gasteiger partial charge on any atom is 0.257 e. The molecule has 0 saturated heterocycles. The summed E-state index contributed by atoms with van der Waals surface area (Å²) in [4.78, 5) is 12.1. The number of carbonyl (C=O) groups is 1. The van der Waals surface area contributed by atoms with Crippen LogP contribution in [0.2, 0.25) is 0 Å². The van der Waals surface area contributed by atoms with Gasteiger partial charge in [-0.1, -0.05) is 6.08 Å². The summed E-state index contributed by atoms with van der Waals surface area (Å²) in [5.41, 5.74) is 0. The zero-order valence-corrected chi connectivity index (χ0v) is 7.70. The molecule has 0 bridgehead atoms. The van der Waals surface area contributed by atoms with Crippen molar-refractivity contribution >= 4 is 17.7 Å². The van der Waals surface area contributed by atoms with Gasteiger partial charge in [0.05, 0.1) is 4.91 Å². The maximum absolute atomic E-state index is 11.3. The van der Waals surface area contributed by atoms with E-state index >= 15 is 0 Å². The lowest BCUT2D eigenvalue weighted by Crippen LogP contribution is -2.25. The highest BCUT2D eigenvalue weighted by Gasteiger charge is 2.24. The van der Waals surface area contributed by atoms with E-state index in [4.69, 9.17) is 0 Å². The van der Waals surface area contributed by atoms with Crippen molar-refractivity contribution < 1.29 is 4.79 Å². The van der Waals surface area contributed by atoms with Crippen LogP contribution in [0.3, 0.4) is 0 Å². The van der Waals surface area contributed by atoms with Gasteiger partial charge in [0.1, 0.15) is 0 Å². The fraction of sp³-hybridized carbons (Fsp3) is 0.625. The number of hydrogen-bond acceptors (Lipinski definition) is 2. The lowest BCUT2D eigenvalue weighted by atomic mass is 10.5. The molecule has 2 nitrogen and oxygen atoms in total. The lowest BCUT2D eigenvalue weighted by Gasteiger charge is -2.03. The van der Waals surface area contributed by atoms with Gasteiger partial charge in [-0.25, -0.2) is 0 Å². The standard InChI is InChI=1S/C8H13NOS/c1-3-7(11-2)8(10)9-6-4-5-6/h3,6H,4-5H2,1-2H3,(H,9,10)/b7-3-. The van der Waals surface area contributed by atoms with Crippen LogP contribution in [0.4, 0.5) is 0 Å². The molecule has 1 aliphatic rings. The Morgan fingerprint density at radius 1 is 1.64 bits per heavy atom. The van der Waals surface area contributed by atoms with Crippen LogP contribution < -0.4 is 5.32 Å². The quantitative estimate of drug-likeness (QED) is 0.652. The molecule has 0 aromatic heterocycles. The van der Waals surface area contributed by atoms with E-state index in [-0.39, 0.29) is 5.91 Å². The molecule has 1 amide bonds. The van der Waals surface area contributed by atoms with Gasteiger partial charge in [-0.15, -0.1) is 11.8 Å². The highest BCUT2D eigenvalue weighted by molar-refractivity contribution is 8.03. The van der Waals surface area contributed by atoms with Gasteiger partial charge >= 0.3 is 0 Å². The minimum atomic E-state index is 0.0856. The summed E-state index contributed by atoms with van der Waals surface area (Å²) in [5, 5.41) is 2.93. The van der Waals surface area contributed by atoms with Gasteiger partial charge in [0, 0.05) is 6.04 Å². The summed E-state index contributed by atoms with van der Waals surface area (Å²) in [6.45, 7) is 1.89. The maximum atomic E-state index is 11.3. The highest BCUT2D eigenvalue weighted by Crippen LogP contribution is 2.20. The van der Waals surface area contributed by atoms with E-state index in [1.807, 2.05) is 19.3 Å². The van der Waals surface area contributed by atoms with E-state index in [1.54, 1.807) is 0 Å². The van der Waals surface area contributed by atoms with Crippen LogP contribution in [-0.2, 0) is 4.79 Å². The van der Waals surface area contributed by atoms with Crippen LogP contribution in [-0.4, -0.2) is 18.2 Å². The predicted molar refractivity (Wildman–Crippen MR) is 48.4 cm³/mol. The minimum Gasteiger partial charge on any atom is -0.349 e. The second-order valence-corrected chi connectivity index (χ2v) is 3.45. The van der Waals surface area contributed by atoms with Gasteiger partial charge in [-0.2, -0.15) is 0 Å². The average molecular weight is 171 g/mol. The van der Waals surface area contributed by atoms with E-state index < -0.39 is 0 Å². The predicted octanol–water partition coefficient (Wildman–Crippen LogP) is 1.53. The molecule has 0 aliphatic heterocycles. The van der Waals surface area contributed by atoms with E-state index in [0.29, 0.717) is 6.04 Å². The summed E-state index contributed by atoms with van der Waals surface area (Å²) in [6.07, 6.45) is 6.07. The molecule has 0 heterocycles. The Labute approximate surface area is 71.4 Å². The Balaban J connectivity index is 2.37. The third kappa shape index (κ3) is 2.58. The van der Waals surface area contributed by atoms with Crippen molar-refractivity contribution in [3.05, 3.63) is 11.0 Å². The van der Waals surface area contributed by atoms with Crippen molar-refractivity contribution in [1.29, 1.82) is 0 Å². The first-order chi connectivity index (χ1) is 5.27. The van der Waals surface area contributed by atoms with Gasteiger partial charge < -0.3 is 5.32 Å². The Morgan fingerprint density at radius 2 is 2.27 bits per heavy atom. The first-order valence-corrected chi connectivity index (χ1v) is 5.01. The van der Waals surface area contributed by atoms with Gasteiger partial charge in [0.25, 0.3) is 5.91 Å². The van der Waals surface area contributed by atoms with E-state index in [9.17, 15) is 4.79 Å². The van der Waals surface area contributed by atoms with Crippen molar-refractivity contribution in [2.45, 2.75) is 25.8 Å². The normalized spacial score (nSPS) is 18.2. The molecular formula is C8H13NOS. The molecule has 0 radical (unpaired) electrons. The van der Waals surface area contributed by atoms with Crippen LogP contribution >= 0.6 is 11.8 Å². The smallest absolute Gasteiger partial charge is 0.257 e. The molecule has 3 heteroatoms. The van der Waals surface area contributed by atoms with Crippen LogP contribution in [0, 0.1) is 0 Å². The number of nitrogens with one attached hydrogen (secondary N) is 1. The second kappa shape index (κ2) is 3.81. The van der Waals surface area contributed by atoms with Crippen LogP contribution in [0.25, 0.3) is 0 Å². The van der Waals surface area contributed by atoms with Crippen LogP contribution in [0.1, 0.15) is 19.8 Å². The number of carbonyl (C=O) groups excluding carboxylic acids is 1. The Bertz CT molecular complexity index is 185. The van der Waals surface area contributed by atoms with Crippen molar-refractivity contribution in [2.75, 3.05) is 6.26 Å². The molecule has 0 unspecified atom stereocenters. The summed E-state index contributed by atoms with van der Waals surface area (Å²) in [7, 11) is 0. The first-order valence-electron chi connectivity index (χ1n) is 3.79. The van der Waals surface area contributed by atoms with Crippen LogP contribution in [0.5, 0.6) is 0 Å². The minimum absolute atomic E-state index is 0.0856. The average Bonchev–Trinajstić information content (AvgIpc) is 2.74. The first kappa shape index (κ1) is 8.65. The monoisotopic (exact) mass is 171 g/mol. The lowest BCUT2D eigenvalue weighted by molar-refractivity contribution is -0.116. The Morgan fingerprint density at radius 3 is 2.64 bits per heavy atom. The van der Waals surface area contributed by atoms with E-state index in [0.717, 1.165) is 17.7 Å². The van der Waals surface area contributed by atoms with Gasteiger partial charge in [-0.05, 0) is 26.0 Å². The molecule has 0 aromatic carbocycles. The fourth-order valence-electron chi connectivity index (χ4n) is 0.826. The zero-order valence-electron chi connectivity index (χ0n) is 6.89. The molecule has 0 atom stereocenters. The summed E-state index contributed by atoms with van der Waals surface area (Å²) in [5.74, 6) is 0.0856. The molecule has 62 valence electrons.